The zero-order valence-corrected chi connectivity index (χ0v) is 13.0. The molecule has 1 aliphatic heterocycles. The number of likely N-dealkylation sites (tertiary alicyclic amines) is 1. The van der Waals surface area contributed by atoms with E-state index in [-0.39, 0.29) is 5.82 Å². The zero-order valence-electron chi connectivity index (χ0n) is 11.5. The van der Waals surface area contributed by atoms with Gasteiger partial charge in [-0.25, -0.2) is 4.39 Å². The molecule has 2 nitrogen and oxygen atoms in total. The van der Waals surface area contributed by atoms with E-state index in [1.165, 1.54) is 32.0 Å². The van der Waals surface area contributed by atoms with Gasteiger partial charge in [-0.05, 0) is 68.7 Å². The second-order valence-corrected chi connectivity index (χ2v) is 6.20. The third kappa shape index (κ3) is 4.86. The average molecular weight is 329 g/mol. The van der Waals surface area contributed by atoms with E-state index >= 15 is 0 Å². The smallest absolute Gasteiger partial charge is 0.124 e. The Bertz CT molecular complexity index is 383. The Balaban J connectivity index is 1.72. The number of hydrogen-bond donors (Lipinski definition) is 1. The minimum absolute atomic E-state index is 0.178. The van der Waals surface area contributed by atoms with E-state index in [1.807, 2.05) is 6.07 Å². The molecular weight excluding hydrogens is 307 g/mol. The maximum Gasteiger partial charge on any atom is 0.124 e. The third-order valence-corrected chi connectivity index (χ3v) is 4.30. The summed E-state index contributed by atoms with van der Waals surface area (Å²) in [6, 6.07) is 5.05. The highest BCUT2D eigenvalue weighted by Gasteiger charge is 2.17. The van der Waals surface area contributed by atoms with Crippen molar-refractivity contribution in [3.63, 3.8) is 0 Å². The minimum Gasteiger partial charge on any atom is -0.312 e. The van der Waals surface area contributed by atoms with Crippen molar-refractivity contribution in [2.75, 3.05) is 26.2 Å². The fourth-order valence-corrected chi connectivity index (χ4v) is 3.15. The highest BCUT2D eigenvalue weighted by Crippen LogP contribution is 2.17. The SMILES string of the molecule is CCN1CCC(CNCc2cc(F)cc(Br)c2)CC1. The Kier molecular flexibility index (Phi) is 5.79. The molecule has 0 radical (unpaired) electrons. The van der Waals surface area contributed by atoms with E-state index in [9.17, 15) is 4.39 Å². The number of nitrogens with one attached hydrogen (secondary N) is 1. The van der Waals surface area contributed by atoms with E-state index in [1.54, 1.807) is 6.07 Å². The van der Waals surface area contributed by atoms with Gasteiger partial charge in [-0.2, -0.15) is 0 Å². The fraction of sp³-hybridized carbons (Fsp3) is 0.600. The van der Waals surface area contributed by atoms with E-state index in [4.69, 9.17) is 0 Å². The summed E-state index contributed by atoms with van der Waals surface area (Å²) in [5.74, 6) is 0.585. The first-order valence-electron chi connectivity index (χ1n) is 7.05. The number of nitrogens with zero attached hydrogens (tertiary/aromatic N) is 1. The number of rotatable bonds is 5. The summed E-state index contributed by atoms with van der Waals surface area (Å²) in [7, 11) is 0. The predicted octanol–water partition coefficient (Wildman–Crippen LogP) is 3.41. The van der Waals surface area contributed by atoms with E-state index < -0.39 is 0 Å². The van der Waals surface area contributed by atoms with Crippen LogP contribution in [0.15, 0.2) is 22.7 Å². The zero-order chi connectivity index (χ0) is 13.7. The van der Waals surface area contributed by atoms with E-state index in [0.29, 0.717) is 0 Å². The van der Waals surface area contributed by atoms with Gasteiger partial charge in [0.2, 0.25) is 0 Å². The molecule has 106 valence electrons. The van der Waals surface area contributed by atoms with E-state index in [0.717, 1.165) is 35.6 Å². The van der Waals surface area contributed by atoms with Gasteiger partial charge in [0.05, 0.1) is 0 Å². The first-order valence-corrected chi connectivity index (χ1v) is 7.84. The summed E-state index contributed by atoms with van der Waals surface area (Å²) < 4.78 is 14.0. The van der Waals surface area contributed by atoms with E-state index in [2.05, 4.69) is 33.1 Å². The van der Waals surface area contributed by atoms with Crippen molar-refractivity contribution in [1.29, 1.82) is 0 Å². The first-order chi connectivity index (χ1) is 9.17. The van der Waals surface area contributed by atoms with Crippen LogP contribution < -0.4 is 5.32 Å². The molecule has 0 atom stereocenters. The molecule has 4 heteroatoms. The fourth-order valence-electron chi connectivity index (χ4n) is 2.64. The van der Waals surface area contributed by atoms with Crippen molar-refractivity contribution in [2.24, 2.45) is 5.92 Å². The van der Waals surface area contributed by atoms with Crippen molar-refractivity contribution in [1.82, 2.24) is 10.2 Å². The third-order valence-electron chi connectivity index (χ3n) is 3.84. The molecule has 0 aromatic heterocycles. The first kappa shape index (κ1) is 14.9. The number of benzene rings is 1. The Hall–Kier alpha value is -0.450. The normalized spacial score (nSPS) is 17.8. The lowest BCUT2D eigenvalue weighted by molar-refractivity contribution is 0.190. The molecule has 0 saturated carbocycles. The summed E-state index contributed by atoms with van der Waals surface area (Å²) in [6.07, 6.45) is 2.54. The molecule has 1 aliphatic rings. The maximum absolute atomic E-state index is 13.2. The number of piperidine rings is 1. The standard InChI is InChI=1S/C15H22BrFN2/c1-2-19-5-3-12(4-6-19)10-18-11-13-7-14(16)9-15(17)8-13/h7-9,12,18H,2-6,10-11H2,1H3. The van der Waals surface area contributed by atoms with Gasteiger partial charge in [-0.15, -0.1) is 0 Å². The molecule has 0 amide bonds. The highest BCUT2D eigenvalue weighted by atomic mass is 79.9. The van der Waals surface area contributed by atoms with Gasteiger partial charge in [-0.1, -0.05) is 22.9 Å². The maximum atomic E-state index is 13.2. The Morgan fingerprint density at radius 2 is 2.05 bits per heavy atom. The van der Waals surface area contributed by atoms with Crippen molar-refractivity contribution in [3.05, 3.63) is 34.1 Å². The molecule has 1 heterocycles. The van der Waals surface area contributed by atoms with Gasteiger partial charge >= 0.3 is 0 Å². The van der Waals surface area contributed by atoms with Crippen molar-refractivity contribution in [3.8, 4) is 0 Å². The molecule has 1 fully saturated rings. The Labute approximate surface area is 123 Å². The molecule has 0 spiro atoms. The van der Waals surface area contributed by atoms with Crippen molar-refractivity contribution in [2.45, 2.75) is 26.3 Å². The summed E-state index contributed by atoms with van der Waals surface area (Å²) >= 11 is 3.32. The molecule has 1 aromatic carbocycles. The van der Waals surface area contributed by atoms with Crippen LogP contribution in [0.25, 0.3) is 0 Å². The second-order valence-electron chi connectivity index (χ2n) is 5.29. The molecule has 0 aliphatic carbocycles. The molecular formula is C15H22BrFN2. The topological polar surface area (TPSA) is 15.3 Å². The number of halogens is 2. The van der Waals surface area contributed by atoms with Crippen LogP contribution >= 0.6 is 15.9 Å². The highest BCUT2D eigenvalue weighted by molar-refractivity contribution is 9.10. The van der Waals surface area contributed by atoms with Crippen molar-refractivity contribution < 1.29 is 4.39 Å². The molecule has 1 aromatic rings. The summed E-state index contributed by atoms with van der Waals surface area (Å²) in [4.78, 5) is 2.50. The van der Waals surface area contributed by atoms with Crippen LogP contribution in [0.1, 0.15) is 25.3 Å². The van der Waals surface area contributed by atoms with Gasteiger partial charge in [0.25, 0.3) is 0 Å². The molecule has 1 N–H and O–H groups in total. The summed E-state index contributed by atoms with van der Waals surface area (Å²) in [6.45, 7) is 7.59. The van der Waals surface area contributed by atoms with Gasteiger partial charge < -0.3 is 10.2 Å². The average Bonchev–Trinajstić information content (AvgIpc) is 2.38. The molecule has 1 saturated heterocycles. The van der Waals surface area contributed by atoms with Crippen LogP contribution in [0.4, 0.5) is 4.39 Å². The lowest BCUT2D eigenvalue weighted by atomic mass is 9.97. The largest absolute Gasteiger partial charge is 0.312 e. The van der Waals surface area contributed by atoms with Gasteiger partial charge in [0.15, 0.2) is 0 Å². The van der Waals surface area contributed by atoms with Crippen LogP contribution in [0.2, 0.25) is 0 Å². The lowest BCUT2D eigenvalue weighted by Gasteiger charge is -2.31. The predicted molar refractivity (Wildman–Crippen MR) is 80.6 cm³/mol. The van der Waals surface area contributed by atoms with Gasteiger partial charge in [-0.3, -0.25) is 0 Å². The molecule has 0 unspecified atom stereocenters. The molecule has 19 heavy (non-hydrogen) atoms. The molecule has 0 bridgehead atoms. The van der Waals surface area contributed by atoms with Gasteiger partial charge in [0.1, 0.15) is 5.82 Å². The quantitative estimate of drug-likeness (QED) is 0.891. The van der Waals surface area contributed by atoms with Crippen LogP contribution in [0, 0.1) is 11.7 Å². The summed E-state index contributed by atoms with van der Waals surface area (Å²) in [5.41, 5.74) is 0.998. The Morgan fingerprint density at radius 3 is 2.68 bits per heavy atom. The Morgan fingerprint density at radius 1 is 1.32 bits per heavy atom. The lowest BCUT2D eigenvalue weighted by Crippen LogP contribution is -2.36. The number of hydrogen-bond acceptors (Lipinski definition) is 2. The van der Waals surface area contributed by atoms with Crippen LogP contribution in [0.3, 0.4) is 0 Å². The van der Waals surface area contributed by atoms with Gasteiger partial charge in [0, 0.05) is 11.0 Å². The molecule has 2 rings (SSSR count). The van der Waals surface area contributed by atoms with Crippen LogP contribution in [0.5, 0.6) is 0 Å². The second kappa shape index (κ2) is 7.36. The van der Waals surface area contributed by atoms with Crippen LogP contribution in [-0.4, -0.2) is 31.1 Å². The van der Waals surface area contributed by atoms with Crippen LogP contribution in [-0.2, 0) is 6.54 Å². The minimum atomic E-state index is -0.178. The monoisotopic (exact) mass is 328 g/mol. The summed E-state index contributed by atoms with van der Waals surface area (Å²) in [5, 5.41) is 3.45. The van der Waals surface area contributed by atoms with Crippen molar-refractivity contribution >= 4 is 15.9 Å².